The standard InChI is InChI=1S/C15H15N5O2S/c21-15(16-9-13-7-4-8-22-13)11-23-10-14-17-18-19-20(14)12-5-2-1-3-6-12/h1-8H,9-11H2,(H,16,21). The molecule has 0 unspecified atom stereocenters. The second kappa shape index (κ2) is 7.59. The van der Waals surface area contributed by atoms with Crippen LogP contribution in [-0.2, 0) is 17.1 Å². The van der Waals surface area contributed by atoms with Gasteiger partial charge in [-0.25, -0.2) is 0 Å². The van der Waals surface area contributed by atoms with Gasteiger partial charge in [0.05, 0.1) is 30.0 Å². The van der Waals surface area contributed by atoms with Crippen molar-refractivity contribution in [1.82, 2.24) is 25.5 Å². The van der Waals surface area contributed by atoms with Crippen molar-refractivity contribution in [3.8, 4) is 5.69 Å². The van der Waals surface area contributed by atoms with E-state index in [-0.39, 0.29) is 5.91 Å². The third-order valence-electron chi connectivity index (χ3n) is 3.04. The molecule has 2 aromatic heterocycles. The van der Waals surface area contributed by atoms with E-state index in [2.05, 4.69) is 20.8 Å². The Morgan fingerprint density at radius 2 is 2.09 bits per heavy atom. The van der Waals surface area contributed by atoms with Gasteiger partial charge in [0, 0.05) is 0 Å². The van der Waals surface area contributed by atoms with E-state index < -0.39 is 0 Å². The van der Waals surface area contributed by atoms with Crippen LogP contribution in [0.3, 0.4) is 0 Å². The van der Waals surface area contributed by atoms with Crippen LogP contribution in [0, 0.1) is 0 Å². The molecule has 0 aliphatic rings. The van der Waals surface area contributed by atoms with E-state index in [4.69, 9.17) is 4.42 Å². The molecule has 0 fully saturated rings. The first-order valence-electron chi connectivity index (χ1n) is 7.02. The molecule has 0 aliphatic carbocycles. The van der Waals surface area contributed by atoms with E-state index in [0.29, 0.717) is 23.9 Å². The lowest BCUT2D eigenvalue weighted by Crippen LogP contribution is -2.24. The average Bonchev–Trinajstić information content (AvgIpc) is 3.25. The summed E-state index contributed by atoms with van der Waals surface area (Å²) in [7, 11) is 0. The largest absolute Gasteiger partial charge is 0.467 e. The van der Waals surface area contributed by atoms with Crippen molar-refractivity contribution in [3.05, 3.63) is 60.3 Å². The van der Waals surface area contributed by atoms with Crippen LogP contribution in [0.1, 0.15) is 11.6 Å². The zero-order valence-electron chi connectivity index (χ0n) is 12.3. The average molecular weight is 329 g/mol. The molecule has 3 rings (SSSR count). The fourth-order valence-electron chi connectivity index (χ4n) is 1.95. The summed E-state index contributed by atoms with van der Waals surface area (Å²) < 4.78 is 6.83. The Labute approximate surface area is 137 Å². The molecule has 7 nitrogen and oxygen atoms in total. The van der Waals surface area contributed by atoms with Gasteiger partial charge < -0.3 is 9.73 Å². The molecular weight excluding hydrogens is 314 g/mol. The molecule has 0 radical (unpaired) electrons. The maximum Gasteiger partial charge on any atom is 0.230 e. The molecule has 118 valence electrons. The number of tetrazole rings is 1. The first kappa shape index (κ1) is 15.3. The first-order chi connectivity index (χ1) is 11.3. The summed E-state index contributed by atoms with van der Waals surface area (Å²) in [6.07, 6.45) is 1.58. The Kier molecular flexibility index (Phi) is 5.05. The van der Waals surface area contributed by atoms with Crippen molar-refractivity contribution in [2.75, 3.05) is 5.75 Å². The van der Waals surface area contributed by atoms with Crippen molar-refractivity contribution in [2.24, 2.45) is 0 Å². The number of furan rings is 1. The zero-order valence-corrected chi connectivity index (χ0v) is 13.1. The van der Waals surface area contributed by atoms with Crippen LogP contribution < -0.4 is 5.32 Å². The Morgan fingerprint density at radius 3 is 2.87 bits per heavy atom. The van der Waals surface area contributed by atoms with Gasteiger partial charge in [-0.05, 0) is 34.7 Å². The minimum absolute atomic E-state index is 0.0508. The van der Waals surface area contributed by atoms with Crippen LogP contribution >= 0.6 is 11.8 Å². The fourth-order valence-corrected chi connectivity index (χ4v) is 2.70. The van der Waals surface area contributed by atoms with Gasteiger partial charge in [-0.3, -0.25) is 4.79 Å². The number of para-hydroxylation sites is 1. The smallest absolute Gasteiger partial charge is 0.230 e. The highest BCUT2D eigenvalue weighted by Crippen LogP contribution is 2.13. The van der Waals surface area contributed by atoms with Crippen LogP contribution in [0.15, 0.2) is 53.1 Å². The summed E-state index contributed by atoms with van der Waals surface area (Å²) in [6, 6.07) is 13.3. The van der Waals surface area contributed by atoms with Gasteiger partial charge in [0.25, 0.3) is 0 Å². The summed E-state index contributed by atoms with van der Waals surface area (Å²) in [5, 5.41) is 14.5. The summed E-state index contributed by atoms with van der Waals surface area (Å²) in [5.74, 6) is 2.28. The van der Waals surface area contributed by atoms with Crippen molar-refractivity contribution >= 4 is 17.7 Å². The molecule has 0 saturated heterocycles. The van der Waals surface area contributed by atoms with Crippen LogP contribution in [0.4, 0.5) is 0 Å². The number of rotatable bonds is 7. The third kappa shape index (κ3) is 4.19. The summed E-state index contributed by atoms with van der Waals surface area (Å²) >= 11 is 1.46. The molecular formula is C15H15N5O2S. The number of amides is 1. The zero-order chi connectivity index (χ0) is 15.9. The Balaban J connectivity index is 1.48. The molecule has 0 aliphatic heterocycles. The van der Waals surface area contributed by atoms with Crippen molar-refractivity contribution in [2.45, 2.75) is 12.3 Å². The number of carbonyl (C=O) groups is 1. The highest BCUT2D eigenvalue weighted by Gasteiger charge is 2.09. The van der Waals surface area contributed by atoms with Crippen LogP contribution in [0.2, 0.25) is 0 Å². The fraction of sp³-hybridized carbons (Fsp3) is 0.200. The normalized spacial score (nSPS) is 10.6. The summed E-state index contributed by atoms with van der Waals surface area (Å²) in [4.78, 5) is 11.8. The van der Waals surface area contributed by atoms with E-state index in [0.717, 1.165) is 11.4 Å². The maximum atomic E-state index is 11.8. The molecule has 0 bridgehead atoms. The lowest BCUT2D eigenvalue weighted by molar-refractivity contribution is -0.118. The minimum Gasteiger partial charge on any atom is -0.467 e. The Bertz CT molecular complexity index is 742. The molecule has 0 spiro atoms. The molecule has 8 heteroatoms. The van der Waals surface area contributed by atoms with Gasteiger partial charge in [-0.2, -0.15) is 4.68 Å². The van der Waals surface area contributed by atoms with Crippen molar-refractivity contribution < 1.29 is 9.21 Å². The van der Waals surface area contributed by atoms with Gasteiger partial charge in [-0.1, -0.05) is 18.2 Å². The van der Waals surface area contributed by atoms with E-state index in [1.807, 2.05) is 36.4 Å². The second-order valence-electron chi connectivity index (χ2n) is 4.69. The molecule has 1 amide bonds. The van der Waals surface area contributed by atoms with Gasteiger partial charge >= 0.3 is 0 Å². The molecule has 2 heterocycles. The number of hydrogen-bond acceptors (Lipinski definition) is 6. The van der Waals surface area contributed by atoms with Gasteiger partial charge in [0.1, 0.15) is 5.76 Å². The SMILES string of the molecule is O=C(CSCc1nnnn1-c1ccccc1)NCc1ccco1. The number of benzene rings is 1. The first-order valence-corrected chi connectivity index (χ1v) is 8.18. The molecule has 1 N–H and O–H groups in total. The monoisotopic (exact) mass is 329 g/mol. The van der Waals surface area contributed by atoms with E-state index in [1.165, 1.54) is 11.8 Å². The molecule has 23 heavy (non-hydrogen) atoms. The molecule has 0 saturated carbocycles. The van der Waals surface area contributed by atoms with Crippen LogP contribution in [0.5, 0.6) is 0 Å². The summed E-state index contributed by atoms with van der Waals surface area (Å²) in [5.41, 5.74) is 0.898. The lowest BCUT2D eigenvalue weighted by atomic mass is 10.3. The lowest BCUT2D eigenvalue weighted by Gasteiger charge is -2.05. The predicted octanol–water partition coefficient (Wildman–Crippen LogP) is 1.80. The van der Waals surface area contributed by atoms with Crippen molar-refractivity contribution in [1.29, 1.82) is 0 Å². The van der Waals surface area contributed by atoms with E-state index in [1.54, 1.807) is 17.0 Å². The van der Waals surface area contributed by atoms with Crippen molar-refractivity contribution in [3.63, 3.8) is 0 Å². The second-order valence-corrected chi connectivity index (χ2v) is 5.68. The van der Waals surface area contributed by atoms with E-state index >= 15 is 0 Å². The van der Waals surface area contributed by atoms with Gasteiger partial charge in [0.2, 0.25) is 5.91 Å². The van der Waals surface area contributed by atoms with E-state index in [9.17, 15) is 4.79 Å². The minimum atomic E-state index is -0.0508. The predicted molar refractivity (Wildman–Crippen MR) is 85.9 cm³/mol. The number of hydrogen-bond donors (Lipinski definition) is 1. The topological polar surface area (TPSA) is 85.8 Å². The molecule has 1 aromatic carbocycles. The number of carbonyl (C=O) groups excluding carboxylic acids is 1. The molecule has 0 atom stereocenters. The Morgan fingerprint density at radius 1 is 1.22 bits per heavy atom. The quantitative estimate of drug-likeness (QED) is 0.711. The highest BCUT2D eigenvalue weighted by atomic mass is 32.2. The number of aromatic nitrogens is 4. The highest BCUT2D eigenvalue weighted by molar-refractivity contribution is 7.99. The summed E-state index contributed by atoms with van der Waals surface area (Å²) in [6.45, 7) is 0.397. The van der Waals surface area contributed by atoms with Crippen LogP contribution in [0.25, 0.3) is 5.69 Å². The molecule has 3 aromatic rings. The third-order valence-corrected chi connectivity index (χ3v) is 3.97. The number of nitrogens with one attached hydrogen (secondary N) is 1. The van der Waals surface area contributed by atoms with Gasteiger partial charge in [0.15, 0.2) is 5.82 Å². The number of nitrogens with zero attached hydrogens (tertiary/aromatic N) is 4. The van der Waals surface area contributed by atoms with Gasteiger partial charge in [-0.15, -0.1) is 16.9 Å². The van der Waals surface area contributed by atoms with Crippen LogP contribution in [-0.4, -0.2) is 31.9 Å². The number of thioether (sulfide) groups is 1. The maximum absolute atomic E-state index is 11.8. The Hall–Kier alpha value is -2.61.